The number of rotatable bonds is 1. The van der Waals surface area contributed by atoms with Gasteiger partial charge < -0.3 is 10.5 Å². The van der Waals surface area contributed by atoms with Crippen molar-refractivity contribution in [3.05, 3.63) is 22.7 Å². The van der Waals surface area contributed by atoms with E-state index in [1.807, 2.05) is 0 Å². The highest BCUT2D eigenvalue weighted by molar-refractivity contribution is 6.32. The molecule has 2 nitrogen and oxygen atoms in total. The normalized spacial score (nSPS) is 11.5. The summed E-state index contributed by atoms with van der Waals surface area (Å²) in [4.78, 5) is 0. The molecule has 0 bridgehead atoms. The first-order valence-corrected chi connectivity index (χ1v) is 3.99. The van der Waals surface area contributed by atoms with Crippen LogP contribution in [0.25, 0.3) is 0 Å². The quantitative estimate of drug-likeness (QED) is 0.746. The fraction of sp³-hybridized carbons (Fsp3) is 0.250. The topological polar surface area (TPSA) is 35.2 Å². The smallest absolute Gasteiger partial charge is 0.404 e. The molecule has 14 heavy (non-hydrogen) atoms. The molecule has 0 aliphatic carbocycles. The molecule has 0 unspecified atom stereocenters. The maximum Gasteiger partial charge on any atom is 0.573 e. The second-order valence-corrected chi connectivity index (χ2v) is 3.09. The summed E-state index contributed by atoms with van der Waals surface area (Å²) >= 11 is 5.50. The molecule has 1 rings (SSSR count). The molecule has 0 aromatic heterocycles. The molecule has 0 saturated carbocycles. The average Bonchev–Trinajstić information content (AvgIpc) is 1.97. The van der Waals surface area contributed by atoms with Crippen LogP contribution in [-0.2, 0) is 0 Å². The Balaban J connectivity index is 3.04. The van der Waals surface area contributed by atoms with Crippen LogP contribution >= 0.6 is 11.6 Å². The lowest BCUT2D eigenvalue weighted by molar-refractivity contribution is -0.274. The summed E-state index contributed by atoms with van der Waals surface area (Å²) in [5.41, 5.74) is 6.24. The van der Waals surface area contributed by atoms with Gasteiger partial charge in [-0.3, -0.25) is 0 Å². The lowest BCUT2D eigenvalue weighted by Gasteiger charge is -2.11. The number of ether oxygens (including phenoxy) is 1. The first kappa shape index (κ1) is 11.0. The maximum atomic E-state index is 11.8. The Morgan fingerprint density at radius 3 is 2.43 bits per heavy atom. The number of benzene rings is 1. The summed E-state index contributed by atoms with van der Waals surface area (Å²) in [6.07, 6.45) is -4.74. The number of aryl methyl sites for hydroxylation is 1. The molecular weight excluding hydrogens is 219 g/mol. The molecule has 0 radical (unpaired) electrons. The first-order chi connectivity index (χ1) is 6.29. The summed E-state index contributed by atoms with van der Waals surface area (Å²) in [7, 11) is 0. The highest BCUT2D eigenvalue weighted by Gasteiger charge is 2.32. The van der Waals surface area contributed by atoms with Crippen LogP contribution in [0.1, 0.15) is 5.56 Å². The van der Waals surface area contributed by atoms with E-state index in [1.54, 1.807) is 6.92 Å². The standard InChI is InChI=1S/C8H7ClF3NO/c1-4-2-7(14-8(10,11)12)5(9)3-6(4)13/h2-3H,13H2,1H3. The van der Waals surface area contributed by atoms with E-state index in [4.69, 9.17) is 17.3 Å². The predicted molar refractivity (Wildman–Crippen MR) is 47.3 cm³/mol. The van der Waals surface area contributed by atoms with Gasteiger partial charge in [0.15, 0.2) is 0 Å². The summed E-state index contributed by atoms with van der Waals surface area (Å²) in [5, 5.41) is -0.162. The summed E-state index contributed by atoms with van der Waals surface area (Å²) in [6, 6.07) is 2.36. The fourth-order valence-electron chi connectivity index (χ4n) is 0.873. The van der Waals surface area contributed by atoms with Gasteiger partial charge in [0, 0.05) is 5.69 Å². The minimum atomic E-state index is -4.74. The molecule has 0 fully saturated rings. The number of alkyl halides is 3. The van der Waals surface area contributed by atoms with Gasteiger partial charge in [-0.1, -0.05) is 11.6 Å². The van der Waals surface area contributed by atoms with Crippen molar-refractivity contribution in [2.45, 2.75) is 13.3 Å². The van der Waals surface area contributed by atoms with Crippen molar-refractivity contribution in [3.63, 3.8) is 0 Å². The van der Waals surface area contributed by atoms with Crippen LogP contribution in [0, 0.1) is 6.92 Å². The number of anilines is 1. The van der Waals surface area contributed by atoms with E-state index >= 15 is 0 Å². The van der Waals surface area contributed by atoms with E-state index in [9.17, 15) is 13.2 Å². The van der Waals surface area contributed by atoms with Crippen molar-refractivity contribution in [2.75, 3.05) is 5.73 Å². The van der Waals surface area contributed by atoms with E-state index in [1.165, 1.54) is 6.07 Å². The lowest BCUT2D eigenvalue weighted by Crippen LogP contribution is -2.17. The maximum absolute atomic E-state index is 11.8. The van der Waals surface area contributed by atoms with E-state index < -0.39 is 12.1 Å². The average molecular weight is 226 g/mol. The Morgan fingerprint density at radius 2 is 1.93 bits per heavy atom. The van der Waals surface area contributed by atoms with Gasteiger partial charge in [-0.25, -0.2) is 0 Å². The number of halogens is 4. The highest BCUT2D eigenvalue weighted by atomic mass is 35.5. The molecule has 1 aromatic carbocycles. The molecule has 6 heteroatoms. The van der Waals surface area contributed by atoms with Gasteiger partial charge in [-0.2, -0.15) is 0 Å². The van der Waals surface area contributed by atoms with Gasteiger partial charge in [0.25, 0.3) is 0 Å². The third kappa shape index (κ3) is 2.70. The summed E-state index contributed by atoms with van der Waals surface area (Å²) < 4.78 is 39.2. The minimum Gasteiger partial charge on any atom is -0.404 e. The van der Waals surface area contributed by atoms with Gasteiger partial charge in [0.1, 0.15) is 5.75 Å². The van der Waals surface area contributed by atoms with Crippen molar-refractivity contribution >= 4 is 17.3 Å². The van der Waals surface area contributed by atoms with Crippen molar-refractivity contribution in [2.24, 2.45) is 0 Å². The molecule has 0 heterocycles. The van der Waals surface area contributed by atoms with Gasteiger partial charge in [-0.05, 0) is 24.6 Å². The Labute approximate surface area is 83.4 Å². The number of hydrogen-bond acceptors (Lipinski definition) is 2. The van der Waals surface area contributed by atoms with Crippen molar-refractivity contribution in [1.82, 2.24) is 0 Å². The third-order valence-electron chi connectivity index (χ3n) is 1.55. The monoisotopic (exact) mass is 225 g/mol. The van der Waals surface area contributed by atoms with Gasteiger partial charge >= 0.3 is 6.36 Å². The predicted octanol–water partition coefficient (Wildman–Crippen LogP) is 3.13. The van der Waals surface area contributed by atoms with E-state index in [-0.39, 0.29) is 5.02 Å². The molecule has 2 N–H and O–H groups in total. The molecule has 0 atom stereocenters. The molecule has 78 valence electrons. The van der Waals surface area contributed by atoms with Crippen LogP contribution in [-0.4, -0.2) is 6.36 Å². The van der Waals surface area contributed by atoms with Crippen LogP contribution in [0.2, 0.25) is 5.02 Å². The zero-order valence-electron chi connectivity index (χ0n) is 7.15. The lowest BCUT2D eigenvalue weighted by atomic mass is 10.2. The van der Waals surface area contributed by atoms with E-state index in [0.29, 0.717) is 11.3 Å². The number of hydrogen-bond donors (Lipinski definition) is 1. The molecular formula is C8H7ClF3NO. The molecule has 0 amide bonds. The Bertz CT molecular complexity index is 351. The highest BCUT2D eigenvalue weighted by Crippen LogP contribution is 2.33. The van der Waals surface area contributed by atoms with Gasteiger partial charge in [-0.15, -0.1) is 13.2 Å². The van der Waals surface area contributed by atoms with E-state index in [2.05, 4.69) is 4.74 Å². The van der Waals surface area contributed by atoms with Crippen LogP contribution in [0.5, 0.6) is 5.75 Å². The Morgan fingerprint density at radius 1 is 1.36 bits per heavy atom. The Kier molecular flexibility index (Phi) is 2.80. The molecule has 0 spiro atoms. The van der Waals surface area contributed by atoms with Gasteiger partial charge in [0.2, 0.25) is 0 Å². The van der Waals surface area contributed by atoms with E-state index in [0.717, 1.165) is 6.07 Å². The summed E-state index contributed by atoms with van der Waals surface area (Å²) in [6.45, 7) is 1.56. The number of nitrogen functional groups attached to an aromatic ring is 1. The largest absolute Gasteiger partial charge is 0.573 e. The molecule has 0 aliphatic heterocycles. The van der Waals surface area contributed by atoms with Crippen LogP contribution in [0.3, 0.4) is 0 Å². The minimum absolute atomic E-state index is 0.162. The first-order valence-electron chi connectivity index (χ1n) is 3.61. The van der Waals surface area contributed by atoms with Crippen molar-refractivity contribution in [1.29, 1.82) is 0 Å². The zero-order valence-corrected chi connectivity index (χ0v) is 7.91. The third-order valence-corrected chi connectivity index (χ3v) is 1.84. The summed E-state index contributed by atoms with van der Waals surface area (Å²) in [5.74, 6) is -0.439. The second kappa shape index (κ2) is 3.57. The van der Waals surface area contributed by atoms with Crippen LogP contribution < -0.4 is 10.5 Å². The van der Waals surface area contributed by atoms with Crippen molar-refractivity contribution < 1.29 is 17.9 Å². The molecule has 0 saturated heterocycles. The van der Waals surface area contributed by atoms with Gasteiger partial charge in [0.05, 0.1) is 5.02 Å². The van der Waals surface area contributed by atoms with Crippen molar-refractivity contribution in [3.8, 4) is 5.75 Å². The molecule has 0 aliphatic rings. The second-order valence-electron chi connectivity index (χ2n) is 2.69. The van der Waals surface area contributed by atoms with Crippen LogP contribution in [0.4, 0.5) is 18.9 Å². The number of nitrogens with two attached hydrogens (primary N) is 1. The van der Waals surface area contributed by atoms with Crippen LogP contribution in [0.15, 0.2) is 12.1 Å². The zero-order chi connectivity index (χ0) is 10.9. The Hall–Kier alpha value is -1.10. The SMILES string of the molecule is Cc1cc(OC(F)(F)F)c(Cl)cc1N. The molecule has 1 aromatic rings. The fourth-order valence-corrected chi connectivity index (χ4v) is 1.08.